The van der Waals surface area contributed by atoms with E-state index in [1.54, 1.807) is 24.3 Å². The Kier molecular flexibility index (Phi) is 9.30. The van der Waals surface area contributed by atoms with Gasteiger partial charge in [-0.2, -0.15) is 10.5 Å². The lowest BCUT2D eigenvalue weighted by atomic mass is 10.00. The molecule has 5 N–H and O–H groups in total. The SMILES string of the molecule is CCc1c(C#N)c(SC(C(N)=O)c2ccccc2)nc(N2CCC(NC(=O)COC(N)=O)CC2)c1C#N. The van der Waals surface area contributed by atoms with Gasteiger partial charge in [-0.1, -0.05) is 49.0 Å². The van der Waals surface area contributed by atoms with Crippen molar-refractivity contribution in [1.29, 1.82) is 10.5 Å². The number of rotatable bonds is 9. The zero-order valence-corrected chi connectivity index (χ0v) is 21.1. The molecule has 3 rings (SSSR count). The number of primary amides is 2. The molecule has 1 atom stereocenters. The van der Waals surface area contributed by atoms with E-state index in [1.807, 2.05) is 17.9 Å². The summed E-state index contributed by atoms with van der Waals surface area (Å²) < 4.78 is 4.52. The van der Waals surface area contributed by atoms with Crippen LogP contribution in [0.3, 0.4) is 0 Å². The Hall–Kier alpha value is -4.29. The molecule has 3 amide bonds. The highest BCUT2D eigenvalue weighted by Gasteiger charge is 2.29. The van der Waals surface area contributed by atoms with Gasteiger partial charge in [0.05, 0.1) is 11.1 Å². The number of hydrogen-bond donors (Lipinski definition) is 3. The summed E-state index contributed by atoms with van der Waals surface area (Å²) in [6, 6.07) is 13.2. The topological polar surface area (TPSA) is 188 Å². The minimum atomic E-state index is -1.02. The first-order valence-electron chi connectivity index (χ1n) is 11.6. The summed E-state index contributed by atoms with van der Waals surface area (Å²) in [4.78, 5) is 41.6. The van der Waals surface area contributed by atoms with Crippen LogP contribution in [0, 0.1) is 22.7 Å². The molecular weight excluding hydrogens is 494 g/mol. The van der Waals surface area contributed by atoms with Gasteiger partial charge < -0.3 is 26.4 Å². The van der Waals surface area contributed by atoms with Gasteiger partial charge in [-0.05, 0) is 30.4 Å². The van der Waals surface area contributed by atoms with Crippen molar-refractivity contribution in [2.45, 2.75) is 42.5 Å². The highest BCUT2D eigenvalue weighted by Crippen LogP contribution is 2.39. The first-order valence-corrected chi connectivity index (χ1v) is 12.5. The second-order valence-corrected chi connectivity index (χ2v) is 9.39. The van der Waals surface area contributed by atoms with E-state index >= 15 is 0 Å². The second kappa shape index (κ2) is 12.6. The third-order valence-electron chi connectivity index (χ3n) is 5.92. The van der Waals surface area contributed by atoms with Gasteiger partial charge in [0.25, 0.3) is 5.91 Å². The number of anilines is 1. The molecule has 11 nitrogen and oxygen atoms in total. The lowest BCUT2D eigenvalue weighted by Crippen LogP contribution is -2.46. The van der Waals surface area contributed by atoms with E-state index in [1.165, 1.54) is 0 Å². The lowest BCUT2D eigenvalue weighted by molar-refractivity contribution is -0.124. The number of piperidine rings is 1. The average molecular weight is 522 g/mol. The highest BCUT2D eigenvalue weighted by atomic mass is 32.2. The number of nitriles is 2. The molecule has 12 heteroatoms. The Balaban J connectivity index is 1.89. The number of carbonyl (C=O) groups is 3. The molecule has 2 aromatic rings. The largest absolute Gasteiger partial charge is 0.440 e. The number of benzene rings is 1. The maximum absolute atomic E-state index is 12.3. The van der Waals surface area contributed by atoms with Gasteiger partial charge in [0, 0.05) is 19.1 Å². The van der Waals surface area contributed by atoms with Crippen LogP contribution in [0.1, 0.15) is 47.3 Å². The van der Waals surface area contributed by atoms with E-state index in [4.69, 9.17) is 16.5 Å². The number of nitrogens with two attached hydrogens (primary N) is 2. The van der Waals surface area contributed by atoms with E-state index in [9.17, 15) is 24.9 Å². The van der Waals surface area contributed by atoms with Gasteiger partial charge in [0.1, 0.15) is 28.2 Å². The molecule has 1 aromatic carbocycles. The molecule has 1 unspecified atom stereocenters. The van der Waals surface area contributed by atoms with Gasteiger partial charge in [-0.3, -0.25) is 9.59 Å². The predicted molar refractivity (Wildman–Crippen MR) is 136 cm³/mol. The second-order valence-electron chi connectivity index (χ2n) is 8.29. The predicted octanol–water partition coefficient (Wildman–Crippen LogP) is 1.89. The number of amides is 3. The van der Waals surface area contributed by atoms with Crippen LogP contribution in [0.4, 0.5) is 10.6 Å². The van der Waals surface area contributed by atoms with Crippen molar-refractivity contribution < 1.29 is 19.1 Å². The number of nitrogens with zero attached hydrogens (tertiary/aromatic N) is 4. The smallest absolute Gasteiger partial charge is 0.405 e. The Morgan fingerprint density at radius 1 is 1.16 bits per heavy atom. The van der Waals surface area contributed by atoms with E-state index in [0.29, 0.717) is 59.9 Å². The van der Waals surface area contributed by atoms with Gasteiger partial charge in [-0.25, -0.2) is 9.78 Å². The van der Waals surface area contributed by atoms with Crippen LogP contribution in [-0.4, -0.2) is 48.6 Å². The molecule has 0 saturated carbocycles. The first-order chi connectivity index (χ1) is 17.8. The first kappa shape index (κ1) is 27.3. The van der Waals surface area contributed by atoms with Crippen LogP contribution < -0.4 is 21.7 Å². The zero-order valence-electron chi connectivity index (χ0n) is 20.3. The molecule has 0 aliphatic carbocycles. The molecule has 0 bridgehead atoms. The molecule has 1 aliphatic rings. The highest BCUT2D eigenvalue weighted by molar-refractivity contribution is 8.00. The monoisotopic (exact) mass is 521 g/mol. The molecule has 0 spiro atoms. The molecule has 192 valence electrons. The normalized spacial score (nSPS) is 14.2. The Labute approximate surface area is 218 Å². The maximum Gasteiger partial charge on any atom is 0.405 e. The van der Waals surface area contributed by atoms with Gasteiger partial charge in [0.15, 0.2) is 6.61 Å². The average Bonchev–Trinajstić information content (AvgIpc) is 2.90. The van der Waals surface area contributed by atoms with Crippen molar-refractivity contribution in [2.24, 2.45) is 11.5 Å². The van der Waals surface area contributed by atoms with Gasteiger partial charge in [0.2, 0.25) is 5.91 Å². The standard InChI is InChI=1S/C25H27N7O4S/c1-2-17-18(12-26)23(32-10-8-16(9-11-32)30-20(33)14-36-25(29)35)31-24(19(17)13-27)37-21(22(28)34)15-6-4-3-5-7-15/h3-7,16,21H,2,8-11,14H2,1H3,(H2,28,34)(H2,29,35)(H,30,33). The number of hydrogen-bond acceptors (Lipinski definition) is 9. The van der Waals surface area contributed by atoms with E-state index < -0.39 is 29.8 Å². The van der Waals surface area contributed by atoms with E-state index in [0.717, 1.165) is 11.8 Å². The summed E-state index contributed by atoms with van der Waals surface area (Å²) in [5.74, 6) is -0.585. The van der Waals surface area contributed by atoms with Crippen LogP contribution in [0.15, 0.2) is 35.4 Å². The molecule has 1 saturated heterocycles. The van der Waals surface area contributed by atoms with Crippen molar-refractivity contribution in [3.8, 4) is 12.1 Å². The fourth-order valence-electron chi connectivity index (χ4n) is 4.17. The molecule has 2 heterocycles. The third kappa shape index (κ3) is 6.68. The minimum absolute atomic E-state index is 0.152. The molecule has 37 heavy (non-hydrogen) atoms. The number of thioether (sulfide) groups is 1. The number of pyridine rings is 1. The van der Waals surface area contributed by atoms with Crippen molar-refractivity contribution >= 4 is 35.5 Å². The summed E-state index contributed by atoms with van der Waals surface area (Å²) in [5.41, 5.74) is 12.4. The summed E-state index contributed by atoms with van der Waals surface area (Å²) in [7, 11) is 0. The zero-order chi connectivity index (χ0) is 26.9. The van der Waals surface area contributed by atoms with Crippen molar-refractivity contribution in [1.82, 2.24) is 10.3 Å². The number of ether oxygens (including phenoxy) is 1. The molecule has 1 fully saturated rings. The number of aromatic nitrogens is 1. The fourth-order valence-corrected chi connectivity index (χ4v) is 5.23. The number of nitrogens with one attached hydrogen (secondary N) is 1. The molecule has 1 aliphatic heterocycles. The number of carbonyl (C=O) groups excluding carboxylic acids is 3. The Morgan fingerprint density at radius 2 is 1.81 bits per heavy atom. The quantitative estimate of drug-likeness (QED) is 0.414. The fraction of sp³-hybridized carbons (Fsp3) is 0.360. The molecule has 0 radical (unpaired) electrons. The van der Waals surface area contributed by atoms with E-state index in [2.05, 4.69) is 22.2 Å². The summed E-state index contributed by atoms with van der Waals surface area (Å²) in [6.07, 6.45) is 0.528. The summed E-state index contributed by atoms with van der Waals surface area (Å²) in [6.45, 7) is 2.38. The van der Waals surface area contributed by atoms with Gasteiger partial charge >= 0.3 is 6.09 Å². The van der Waals surface area contributed by atoms with Crippen LogP contribution in [0.25, 0.3) is 0 Å². The Morgan fingerprint density at radius 3 is 2.35 bits per heavy atom. The molecular formula is C25H27N7O4S. The van der Waals surface area contributed by atoms with E-state index in [-0.39, 0.29) is 11.6 Å². The van der Waals surface area contributed by atoms with Crippen LogP contribution in [0.2, 0.25) is 0 Å². The van der Waals surface area contributed by atoms with Crippen molar-refractivity contribution in [2.75, 3.05) is 24.6 Å². The maximum atomic E-state index is 12.3. The van der Waals surface area contributed by atoms with Crippen LogP contribution in [-0.2, 0) is 20.7 Å². The van der Waals surface area contributed by atoms with Gasteiger partial charge in [-0.15, -0.1) is 0 Å². The van der Waals surface area contributed by atoms with Crippen molar-refractivity contribution in [3.63, 3.8) is 0 Å². The molecule has 1 aromatic heterocycles. The van der Waals surface area contributed by atoms with Crippen LogP contribution >= 0.6 is 11.8 Å². The minimum Gasteiger partial charge on any atom is -0.440 e. The van der Waals surface area contributed by atoms with Crippen LogP contribution in [0.5, 0.6) is 0 Å². The summed E-state index contributed by atoms with van der Waals surface area (Å²) in [5, 5.41) is 22.3. The lowest BCUT2D eigenvalue weighted by Gasteiger charge is -2.34. The van der Waals surface area contributed by atoms with Crippen molar-refractivity contribution in [3.05, 3.63) is 52.6 Å². The Bertz CT molecular complexity index is 1250. The third-order valence-corrected chi connectivity index (χ3v) is 7.18. The summed E-state index contributed by atoms with van der Waals surface area (Å²) >= 11 is 1.09.